The van der Waals surface area contributed by atoms with Crippen LogP contribution in [0.15, 0.2) is 70.3 Å². The van der Waals surface area contributed by atoms with Crippen molar-refractivity contribution in [2.45, 2.75) is 25.9 Å². The quantitative estimate of drug-likeness (QED) is 0.301. The van der Waals surface area contributed by atoms with Crippen molar-refractivity contribution < 1.29 is 9.90 Å². The summed E-state index contributed by atoms with van der Waals surface area (Å²) in [5.74, 6) is 0.641. The zero-order valence-electron chi connectivity index (χ0n) is 18.5. The number of phenolic OH excluding ortho intramolecular Hbond substituents is 1. The van der Waals surface area contributed by atoms with Crippen LogP contribution < -0.4 is 5.32 Å². The maximum absolute atomic E-state index is 12.6. The van der Waals surface area contributed by atoms with E-state index in [-0.39, 0.29) is 17.4 Å². The molecule has 0 saturated heterocycles. The zero-order valence-corrected chi connectivity index (χ0v) is 20.9. The normalized spacial score (nSPS) is 10.9. The van der Waals surface area contributed by atoms with Crippen LogP contribution in [-0.4, -0.2) is 31.5 Å². The lowest BCUT2D eigenvalue weighted by Crippen LogP contribution is -2.14. The number of aryl methyl sites for hydroxylation is 3. The second-order valence-corrected chi connectivity index (χ2v) is 9.66. The highest BCUT2D eigenvalue weighted by atomic mass is 79.9. The van der Waals surface area contributed by atoms with Gasteiger partial charge in [0.25, 0.3) is 0 Å². The Kier molecular flexibility index (Phi) is 6.85. The van der Waals surface area contributed by atoms with Gasteiger partial charge in [-0.25, -0.2) is 0 Å². The summed E-state index contributed by atoms with van der Waals surface area (Å²) in [6.07, 6.45) is 0. The molecule has 0 saturated carbocycles. The number of rotatable bonds is 6. The number of phenols is 1. The standard InChI is InChI=1S/C25H23BrN4O2S/c1-15-5-4-6-19(12-15)27-23(32)14-33-25-29-28-24(20-13-18(26)8-10-22(20)31)30(25)21-9-7-16(2)11-17(21)3/h4-13,31H,14H2,1-3H3,(H,27,32). The number of thioether (sulfide) groups is 1. The van der Waals surface area contributed by atoms with Crippen LogP contribution in [0.2, 0.25) is 0 Å². The van der Waals surface area contributed by atoms with E-state index in [1.54, 1.807) is 18.2 Å². The Hall–Kier alpha value is -3.10. The van der Waals surface area contributed by atoms with E-state index in [4.69, 9.17) is 0 Å². The molecule has 33 heavy (non-hydrogen) atoms. The Morgan fingerprint density at radius 1 is 1.03 bits per heavy atom. The molecule has 6 nitrogen and oxygen atoms in total. The van der Waals surface area contributed by atoms with Gasteiger partial charge in [-0.1, -0.05) is 57.5 Å². The predicted octanol–water partition coefficient (Wildman–Crippen LogP) is 6.06. The van der Waals surface area contributed by atoms with Crippen molar-refractivity contribution in [2.24, 2.45) is 0 Å². The molecule has 0 unspecified atom stereocenters. The van der Waals surface area contributed by atoms with Gasteiger partial charge in [0.15, 0.2) is 11.0 Å². The summed E-state index contributed by atoms with van der Waals surface area (Å²) < 4.78 is 2.71. The average molecular weight is 523 g/mol. The van der Waals surface area contributed by atoms with Gasteiger partial charge < -0.3 is 10.4 Å². The Morgan fingerprint density at radius 2 is 1.82 bits per heavy atom. The molecule has 168 valence electrons. The van der Waals surface area contributed by atoms with E-state index in [9.17, 15) is 9.90 Å². The minimum absolute atomic E-state index is 0.102. The summed E-state index contributed by atoms with van der Waals surface area (Å²) in [6.45, 7) is 6.04. The van der Waals surface area contributed by atoms with E-state index in [2.05, 4.69) is 37.5 Å². The second-order valence-electron chi connectivity index (χ2n) is 7.80. The summed E-state index contributed by atoms with van der Waals surface area (Å²) in [5, 5.41) is 22.7. The number of carbonyl (C=O) groups is 1. The van der Waals surface area contributed by atoms with Gasteiger partial charge in [-0.05, 0) is 68.3 Å². The molecule has 4 aromatic rings. The zero-order chi connectivity index (χ0) is 23.5. The minimum atomic E-state index is -0.132. The smallest absolute Gasteiger partial charge is 0.234 e. The summed E-state index contributed by atoms with van der Waals surface area (Å²) in [6, 6.07) is 19.0. The molecule has 0 fully saturated rings. The number of nitrogens with zero attached hydrogens (tertiary/aromatic N) is 3. The van der Waals surface area contributed by atoms with E-state index in [0.29, 0.717) is 16.5 Å². The SMILES string of the molecule is Cc1cccc(NC(=O)CSc2nnc(-c3cc(Br)ccc3O)n2-c2ccc(C)cc2C)c1. The van der Waals surface area contributed by atoms with Crippen LogP contribution >= 0.6 is 27.7 Å². The number of aromatic hydroxyl groups is 1. The molecular formula is C25H23BrN4O2S. The molecule has 0 bridgehead atoms. The van der Waals surface area contributed by atoms with Crippen molar-refractivity contribution in [3.63, 3.8) is 0 Å². The van der Waals surface area contributed by atoms with Gasteiger partial charge >= 0.3 is 0 Å². The average Bonchev–Trinajstić information content (AvgIpc) is 3.17. The summed E-state index contributed by atoms with van der Waals surface area (Å²) in [5.41, 5.74) is 5.46. The van der Waals surface area contributed by atoms with Crippen LogP contribution in [-0.2, 0) is 4.79 Å². The Labute approximate surface area is 205 Å². The molecule has 0 spiro atoms. The van der Waals surface area contributed by atoms with Gasteiger partial charge in [-0.3, -0.25) is 9.36 Å². The number of carbonyl (C=O) groups excluding carboxylic acids is 1. The van der Waals surface area contributed by atoms with Gasteiger partial charge in [-0.15, -0.1) is 10.2 Å². The Morgan fingerprint density at radius 3 is 2.58 bits per heavy atom. The third-order valence-electron chi connectivity index (χ3n) is 5.06. The highest BCUT2D eigenvalue weighted by molar-refractivity contribution is 9.10. The minimum Gasteiger partial charge on any atom is -0.507 e. The fraction of sp³-hybridized carbons (Fsp3) is 0.160. The number of hydrogen-bond acceptors (Lipinski definition) is 5. The van der Waals surface area contributed by atoms with E-state index in [1.807, 2.05) is 61.7 Å². The summed E-state index contributed by atoms with van der Waals surface area (Å²) in [7, 11) is 0. The molecule has 4 rings (SSSR count). The van der Waals surface area contributed by atoms with Gasteiger partial charge in [0, 0.05) is 10.2 Å². The van der Waals surface area contributed by atoms with Crippen LogP contribution in [0, 0.1) is 20.8 Å². The second kappa shape index (κ2) is 9.80. The Balaban J connectivity index is 1.68. The van der Waals surface area contributed by atoms with Gasteiger partial charge in [0.05, 0.1) is 17.0 Å². The first-order valence-corrected chi connectivity index (χ1v) is 12.1. The molecule has 2 N–H and O–H groups in total. The van der Waals surface area contributed by atoms with Gasteiger partial charge in [0.1, 0.15) is 5.75 Å². The summed E-state index contributed by atoms with van der Waals surface area (Å²) in [4.78, 5) is 12.6. The van der Waals surface area contributed by atoms with Crippen LogP contribution in [0.25, 0.3) is 17.1 Å². The maximum Gasteiger partial charge on any atom is 0.234 e. The van der Waals surface area contributed by atoms with Crippen LogP contribution in [0.3, 0.4) is 0 Å². The van der Waals surface area contributed by atoms with E-state index >= 15 is 0 Å². The monoisotopic (exact) mass is 522 g/mol. The molecule has 0 atom stereocenters. The van der Waals surface area contributed by atoms with Crippen LogP contribution in [0.5, 0.6) is 5.75 Å². The van der Waals surface area contributed by atoms with Crippen molar-refractivity contribution in [3.05, 3.63) is 81.8 Å². The molecule has 0 aliphatic heterocycles. The third kappa shape index (κ3) is 5.29. The molecule has 3 aromatic carbocycles. The van der Waals surface area contributed by atoms with Crippen molar-refractivity contribution >= 4 is 39.3 Å². The first-order chi connectivity index (χ1) is 15.8. The van der Waals surface area contributed by atoms with Crippen molar-refractivity contribution in [1.29, 1.82) is 0 Å². The number of nitrogens with one attached hydrogen (secondary N) is 1. The van der Waals surface area contributed by atoms with Crippen molar-refractivity contribution in [3.8, 4) is 22.8 Å². The number of hydrogen-bond donors (Lipinski definition) is 2. The lowest BCUT2D eigenvalue weighted by atomic mass is 10.1. The fourth-order valence-electron chi connectivity index (χ4n) is 3.55. The highest BCUT2D eigenvalue weighted by Crippen LogP contribution is 2.35. The number of benzene rings is 3. The predicted molar refractivity (Wildman–Crippen MR) is 136 cm³/mol. The molecule has 8 heteroatoms. The fourth-order valence-corrected chi connectivity index (χ4v) is 4.65. The summed E-state index contributed by atoms with van der Waals surface area (Å²) >= 11 is 4.76. The first-order valence-electron chi connectivity index (χ1n) is 10.3. The van der Waals surface area contributed by atoms with Gasteiger partial charge in [0.2, 0.25) is 5.91 Å². The molecule has 1 amide bonds. The molecule has 0 aliphatic carbocycles. The number of halogens is 1. The van der Waals surface area contributed by atoms with Gasteiger partial charge in [-0.2, -0.15) is 0 Å². The third-order valence-corrected chi connectivity index (χ3v) is 6.48. The van der Waals surface area contributed by atoms with Crippen molar-refractivity contribution in [2.75, 3.05) is 11.1 Å². The topological polar surface area (TPSA) is 80.0 Å². The highest BCUT2D eigenvalue weighted by Gasteiger charge is 2.21. The molecule has 0 radical (unpaired) electrons. The largest absolute Gasteiger partial charge is 0.507 e. The first kappa shape index (κ1) is 23.1. The number of aromatic nitrogens is 3. The molecule has 1 aromatic heterocycles. The van der Waals surface area contributed by atoms with E-state index in [0.717, 1.165) is 32.5 Å². The molecule has 0 aliphatic rings. The lowest BCUT2D eigenvalue weighted by Gasteiger charge is -2.14. The van der Waals surface area contributed by atoms with Crippen molar-refractivity contribution in [1.82, 2.24) is 14.8 Å². The maximum atomic E-state index is 12.6. The van der Waals surface area contributed by atoms with Crippen LogP contribution in [0.4, 0.5) is 5.69 Å². The number of amides is 1. The van der Waals surface area contributed by atoms with E-state index < -0.39 is 0 Å². The lowest BCUT2D eigenvalue weighted by molar-refractivity contribution is -0.113. The molecular weight excluding hydrogens is 500 g/mol. The van der Waals surface area contributed by atoms with E-state index in [1.165, 1.54) is 11.8 Å². The molecule has 1 heterocycles. The van der Waals surface area contributed by atoms with Crippen LogP contribution in [0.1, 0.15) is 16.7 Å². The number of anilines is 1. The Bertz CT molecular complexity index is 1340.